The molecule has 0 unspecified atom stereocenters. The first-order valence-corrected chi connectivity index (χ1v) is 9.60. The van der Waals surface area contributed by atoms with Crippen LogP contribution in [-0.4, -0.2) is 48.4 Å². The number of benzene rings is 2. The molecular formula is C22H25N3O4. The van der Waals surface area contributed by atoms with Gasteiger partial charge in [-0.05, 0) is 56.2 Å². The van der Waals surface area contributed by atoms with Crippen molar-refractivity contribution in [2.45, 2.75) is 25.8 Å². The molecule has 0 spiro atoms. The second-order valence-electron chi connectivity index (χ2n) is 7.18. The molecule has 0 saturated carbocycles. The molecule has 1 aliphatic rings. The Labute approximate surface area is 169 Å². The van der Waals surface area contributed by atoms with E-state index in [0.29, 0.717) is 42.8 Å². The Morgan fingerprint density at radius 3 is 2.17 bits per heavy atom. The SMILES string of the molecule is Cc1ccc(C(=O)N2CCC(NC(=O)COc3ccc(C(N)=O)cc3)CC2)cc1. The third-order valence-corrected chi connectivity index (χ3v) is 4.95. The minimum atomic E-state index is -0.513. The maximum Gasteiger partial charge on any atom is 0.258 e. The molecule has 0 aromatic heterocycles. The number of piperidine rings is 1. The molecule has 3 N–H and O–H groups in total. The van der Waals surface area contributed by atoms with Crippen LogP contribution < -0.4 is 15.8 Å². The molecule has 0 radical (unpaired) electrons. The van der Waals surface area contributed by atoms with Gasteiger partial charge >= 0.3 is 0 Å². The summed E-state index contributed by atoms with van der Waals surface area (Å²) in [6.07, 6.45) is 1.41. The van der Waals surface area contributed by atoms with Crippen molar-refractivity contribution in [1.29, 1.82) is 0 Å². The molecule has 3 amide bonds. The first-order chi connectivity index (χ1) is 13.9. The van der Waals surface area contributed by atoms with Gasteiger partial charge in [0.05, 0.1) is 0 Å². The van der Waals surface area contributed by atoms with Gasteiger partial charge in [0, 0.05) is 30.3 Å². The van der Waals surface area contributed by atoms with E-state index in [-0.39, 0.29) is 24.5 Å². The summed E-state index contributed by atoms with van der Waals surface area (Å²) < 4.78 is 5.44. The summed E-state index contributed by atoms with van der Waals surface area (Å²) >= 11 is 0. The van der Waals surface area contributed by atoms with Crippen LogP contribution in [0.15, 0.2) is 48.5 Å². The number of nitrogens with two attached hydrogens (primary N) is 1. The fourth-order valence-corrected chi connectivity index (χ4v) is 3.24. The molecule has 2 aromatic rings. The van der Waals surface area contributed by atoms with E-state index in [0.717, 1.165) is 5.56 Å². The predicted octanol–water partition coefficient (Wildman–Crippen LogP) is 1.89. The summed E-state index contributed by atoms with van der Waals surface area (Å²) in [5.41, 5.74) is 7.38. The number of nitrogens with zero attached hydrogens (tertiary/aromatic N) is 1. The van der Waals surface area contributed by atoms with Crippen LogP contribution in [0.3, 0.4) is 0 Å². The molecule has 29 heavy (non-hydrogen) atoms. The first kappa shape index (κ1) is 20.4. The Morgan fingerprint density at radius 2 is 1.59 bits per heavy atom. The first-order valence-electron chi connectivity index (χ1n) is 9.60. The van der Waals surface area contributed by atoms with Crippen molar-refractivity contribution in [3.8, 4) is 5.75 Å². The lowest BCUT2D eigenvalue weighted by Crippen LogP contribution is -2.47. The minimum absolute atomic E-state index is 0.0189. The third-order valence-electron chi connectivity index (χ3n) is 4.95. The number of hydrogen-bond donors (Lipinski definition) is 2. The Kier molecular flexibility index (Phi) is 6.49. The monoisotopic (exact) mass is 395 g/mol. The summed E-state index contributed by atoms with van der Waals surface area (Å²) in [5, 5.41) is 2.95. The van der Waals surface area contributed by atoms with Gasteiger partial charge in [0.2, 0.25) is 5.91 Å². The van der Waals surface area contributed by atoms with Gasteiger partial charge in [0.25, 0.3) is 11.8 Å². The van der Waals surface area contributed by atoms with E-state index in [1.54, 1.807) is 24.3 Å². The van der Waals surface area contributed by atoms with E-state index >= 15 is 0 Å². The van der Waals surface area contributed by atoms with Gasteiger partial charge in [-0.1, -0.05) is 17.7 Å². The fourth-order valence-electron chi connectivity index (χ4n) is 3.24. The van der Waals surface area contributed by atoms with Crippen molar-refractivity contribution in [3.05, 3.63) is 65.2 Å². The number of hydrogen-bond acceptors (Lipinski definition) is 4. The van der Waals surface area contributed by atoms with Crippen LogP contribution in [0.25, 0.3) is 0 Å². The van der Waals surface area contributed by atoms with Crippen LogP contribution in [0.1, 0.15) is 39.1 Å². The number of amides is 3. The molecule has 3 rings (SSSR count). The third kappa shape index (κ3) is 5.57. The lowest BCUT2D eigenvalue weighted by atomic mass is 10.0. The summed E-state index contributed by atoms with van der Waals surface area (Å²) in [6.45, 7) is 3.08. The van der Waals surface area contributed by atoms with Gasteiger partial charge < -0.3 is 20.7 Å². The van der Waals surface area contributed by atoms with Crippen molar-refractivity contribution in [2.24, 2.45) is 5.73 Å². The lowest BCUT2D eigenvalue weighted by molar-refractivity contribution is -0.124. The van der Waals surface area contributed by atoms with Crippen LogP contribution in [0.5, 0.6) is 5.75 Å². The maximum atomic E-state index is 12.6. The van der Waals surface area contributed by atoms with E-state index in [2.05, 4.69) is 5.32 Å². The Bertz CT molecular complexity index is 870. The number of carbonyl (C=O) groups is 3. The number of primary amides is 1. The van der Waals surface area contributed by atoms with E-state index in [1.165, 1.54) is 0 Å². The highest BCUT2D eigenvalue weighted by Gasteiger charge is 2.24. The highest BCUT2D eigenvalue weighted by atomic mass is 16.5. The zero-order valence-electron chi connectivity index (χ0n) is 16.4. The van der Waals surface area contributed by atoms with E-state index in [1.807, 2.05) is 36.1 Å². The second-order valence-corrected chi connectivity index (χ2v) is 7.18. The number of ether oxygens (including phenoxy) is 1. The van der Waals surface area contributed by atoms with Crippen LogP contribution in [0, 0.1) is 6.92 Å². The normalized spacial score (nSPS) is 14.3. The van der Waals surface area contributed by atoms with Crippen LogP contribution >= 0.6 is 0 Å². The largest absolute Gasteiger partial charge is 0.484 e. The average molecular weight is 395 g/mol. The van der Waals surface area contributed by atoms with Gasteiger partial charge in [-0.25, -0.2) is 0 Å². The molecule has 0 aliphatic carbocycles. The smallest absolute Gasteiger partial charge is 0.258 e. The molecular weight excluding hydrogens is 370 g/mol. The van der Waals surface area contributed by atoms with Gasteiger partial charge in [-0.3, -0.25) is 14.4 Å². The number of rotatable bonds is 6. The van der Waals surface area contributed by atoms with E-state index in [9.17, 15) is 14.4 Å². The highest BCUT2D eigenvalue weighted by Crippen LogP contribution is 2.15. The van der Waals surface area contributed by atoms with Gasteiger partial charge in [-0.15, -0.1) is 0 Å². The van der Waals surface area contributed by atoms with Crippen molar-refractivity contribution in [3.63, 3.8) is 0 Å². The summed E-state index contributed by atoms with van der Waals surface area (Å²) in [7, 11) is 0. The zero-order valence-corrected chi connectivity index (χ0v) is 16.4. The summed E-state index contributed by atoms with van der Waals surface area (Å²) in [6, 6.07) is 13.9. The van der Waals surface area contributed by atoms with Crippen molar-refractivity contribution >= 4 is 17.7 Å². The van der Waals surface area contributed by atoms with Crippen LogP contribution in [0.4, 0.5) is 0 Å². The average Bonchev–Trinajstić information content (AvgIpc) is 2.73. The number of likely N-dealkylation sites (tertiary alicyclic amines) is 1. The Balaban J connectivity index is 1.41. The number of aryl methyl sites for hydroxylation is 1. The Hall–Kier alpha value is -3.35. The topological polar surface area (TPSA) is 102 Å². The molecule has 1 aliphatic heterocycles. The molecule has 0 bridgehead atoms. The van der Waals surface area contributed by atoms with Gasteiger partial charge in [0.15, 0.2) is 6.61 Å². The summed E-state index contributed by atoms with van der Waals surface area (Å²) in [5.74, 6) is -0.213. The quantitative estimate of drug-likeness (QED) is 0.780. The second kappa shape index (κ2) is 9.23. The van der Waals surface area contributed by atoms with Gasteiger partial charge in [-0.2, -0.15) is 0 Å². The Morgan fingerprint density at radius 1 is 1.00 bits per heavy atom. The molecule has 1 saturated heterocycles. The lowest BCUT2D eigenvalue weighted by Gasteiger charge is -2.32. The molecule has 152 valence electrons. The number of nitrogens with one attached hydrogen (secondary N) is 1. The highest BCUT2D eigenvalue weighted by molar-refractivity contribution is 5.94. The van der Waals surface area contributed by atoms with Crippen LogP contribution in [0.2, 0.25) is 0 Å². The van der Waals surface area contributed by atoms with E-state index < -0.39 is 5.91 Å². The number of carbonyl (C=O) groups excluding carboxylic acids is 3. The molecule has 0 atom stereocenters. The fraction of sp³-hybridized carbons (Fsp3) is 0.318. The zero-order chi connectivity index (χ0) is 20.8. The van der Waals surface area contributed by atoms with Crippen molar-refractivity contribution < 1.29 is 19.1 Å². The standard InChI is InChI=1S/C22H25N3O4/c1-15-2-4-17(5-3-15)22(28)25-12-10-18(11-13-25)24-20(26)14-29-19-8-6-16(7-9-19)21(23)27/h2-9,18H,10-14H2,1H3,(H2,23,27)(H,24,26). The van der Waals surface area contributed by atoms with Gasteiger partial charge in [0.1, 0.15) is 5.75 Å². The maximum absolute atomic E-state index is 12.6. The predicted molar refractivity (Wildman–Crippen MR) is 109 cm³/mol. The molecule has 1 heterocycles. The minimum Gasteiger partial charge on any atom is -0.484 e. The molecule has 7 nitrogen and oxygen atoms in total. The van der Waals surface area contributed by atoms with Crippen molar-refractivity contribution in [2.75, 3.05) is 19.7 Å². The molecule has 1 fully saturated rings. The van der Waals surface area contributed by atoms with Crippen LogP contribution in [-0.2, 0) is 4.79 Å². The van der Waals surface area contributed by atoms with E-state index in [4.69, 9.17) is 10.5 Å². The van der Waals surface area contributed by atoms with Crippen molar-refractivity contribution in [1.82, 2.24) is 10.2 Å². The molecule has 7 heteroatoms. The molecule has 2 aromatic carbocycles. The summed E-state index contributed by atoms with van der Waals surface area (Å²) in [4.78, 5) is 37.6.